The van der Waals surface area contributed by atoms with Crippen molar-refractivity contribution in [2.24, 2.45) is 0 Å². The lowest BCUT2D eigenvalue weighted by Gasteiger charge is -2.04. The van der Waals surface area contributed by atoms with Crippen LogP contribution in [0.15, 0.2) is 12.3 Å². The minimum atomic E-state index is 1.07. The van der Waals surface area contributed by atoms with E-state index < -0.39 is 0 Å². The maximum atomic E-state index is 4.26. The summed E-state index contributed by atoms with van der Waals surface area (Å²) < 4.78 is 0. The van der Waals surface area contributed by atoms with Crippen LogP contribution in [0.2, 0.25) is 0 Å². The molecule has 58 valence electrons. The Morgan fingerprint density at radius 1 is 1.45 bits per heavy atom. The van der Waals surface area contributed by atoms with Gasteiger partial charge in [0.05, 0.1) is 0 Å². The predicted octanol–water partition coefficient (Wildman–Crippen LogP) is 1.61. The molecule has 1 N–H and O–H groups in total. The molecule has 1 aliphatic carbocycles. The van der Waals surface area contributed by atoms with Crippen molar-refractivity contribution in [3.8, 4) is 0 Å². The van der Waals surface area contributed by atoms with Crippen molar-refractivity contribution in [2.75, 3.05) is 12.4 Å². The molecule has 0 fully saturated rings. The van der Waals surface area contributed by atoms with Gasteiger partial charge in [-0.25, -0.2) is 4.98 Å². The Hall–Kier alpha value is -1.05. The Morgan fingerprint density at radius 2 is 2.36 bits per heavy atom. The molecule has 2 rings (SSSR count). The molecule has 0 aromatic carbocycles. The molecule has 11 heavy (non-hydrogen) atoms. The van der Waals surface area contributed by atoms with Crippen LogP contribution in [0, 0.1) is 0 Å². The van der Waals surface area contributed by atoms with Crippen LogP contribution in [0.5, 0.6) is 0 Å². The number of aryl methyl sites for hydroxylation is 1. The second-order valence-corrected chi connectivity index (χ2v) is 2.90. The van der Waals surface area contributed by atoms with Gasteiger partial charge in [-0.15, -0.1) is 0 Å². The molecule has 1 aromatic heterocycles. The number of fused-ring (bicyclic) bond motifs is 1. The lowest BCUT2D eigenvalue weighted by Crippen LogP contribution is -1.97. The van der Waals surface area contributed by atoms with Crippen molar-refractivity contribution < 1.29 is 0 Å². The van der Waals surface area contributed by atoms with E-state index in [9.17, 15) is 0 Å². The minimum absolute atomic E-state index is 1.07. The molecule has 0 saturated carbocycles. The Morgan fingerprint density at radius 3 is 3.18 bits per heavy atom. The first-order chi connectivity index (χ1) is 5.42. The summed E-state index contributed by atoms with van der Waals surface area (Å²) in [6, 6.07) is 2.13. The molecular weight excluding hydrogens is 136 g/mol. The van der Waals surface area contributed by atoms with E-state index in [1.165, 1.54) is 30.4 Å². The first-order valence-corrected chi connectivity index (χ1v) is 4.06. The third-order valence-electron chi connectivity index (χ3n) is 2.26. The summed E-state index contributed by atoms with van der Waals surface area (Å²) in [5.74, 6) is 1.07. The molecule has 2 nitrogen and oxygen atoms in total. The lowest BCUT2D eigenvalue weighted by molar-refractivity contribution is 0.911. The number of anilines is 1. The van der Waals surface area contributed by atoms with E-state index in [1.54, 1.807) is 0 Å². The van der Waals surface area contributed by atoms with Crippen LogP contribution in [0.25, 0.3) is 0 Å². The summed E-state index contributed by atoms with van der Waals surface area (Å²) in [5.41, 5.74) is 2.90. The monoisotopic (exact) mass is 148 g/mol. The molecule has 1 aliphatic rings. The molecule has 1 heterocycles. The first-order valence-electron chi connectivity index (χ1n) is 4.06. The molecule has 0 aliphatic heterocycles. The third kappa shape index (κ3) is 0.985. The summed E-state index contributed by atoms with van der Waals surface area (Å²) in [6.07, 6.45) is 5.59. The molecule has 0 spiro atoms. The van der Waals surface area contributed by atoms with Gasteiger partial charge in [0.15, 0.2) is 0 Å². The second kappa shape index (κ2) is 2.53. The zero-order chi connectivity index (χ0) is 7.68. The number of rotatable bonds is 1. The van der Waals surface area contributed by atoms with E-state index in [0.29, 0.717) is 0 Å². The number of hydrogen-bond donors (Lipinski definition) is 1. The van der Waals surface area contributed by atoms with Crippen LogP contribution in [0.4, 0.5) is 5.82 Å². The zero-order valence-electron chi connectivity index (χ0n) is 6.72. The number of hydrogen-bond acceptors (Lipinski definition) is 2. The summed E-state index contributed by atoms with van der Waals surface area (Å²) in [5, 5.41) is 3.12. The molecule has 1 aromatic rings. The van der Waals surface area contributed by atoms with Crippen molar-refractivity contribution >= 4 is 5.82 Å². The van der Waals surface area contributed by atoms with Crippen LogP contribution in [-0.2, 0) is 12.8 Å². The molecule has 0 amide bonds. The van der Waals surface area contributed by atoms with E-state index >= 15 is 0 Å². The van der Waals surface area contributed by atoms with E-state index in [0.717, 1.165) is 5.82 Å². The predicted molar refractivity (Wildman–Crippen MR) is 45.8 cm³/mol. The van der Waals surface area contributed by atoms with Gasteiger partial charge in [-0.2, -0.15) is 0 Å². The summed E-state index contributed by atoms with van der Waals surface area (Å²) in [7, 11) is 1.93. The average Bonchev–Trinajstić information content (AvgIpc) is 2.50. The normalized spacial score (nSPS) is 14.6. The van der Waals surface area contributed by atoms with E-state index in [2.05, 4.69) is 16.4 Å². The zero-order valence-corrected chi connectivity index (χ0v) is 6.72. The smallest absolute Gasteiger partial charge is 0.129 e. The molecule has 0 bridgehead atoms. The summed E-state index contributed by atoms with van der Waals surface area (Å²) in [4.78, 5) is 4.26. The standard InChI is InChI=1S/C9H12N2/c1-10-9-8-4-2-3-7(8)5-6-11-9/h5-6H,2-4H2,1H3,(H,10,11). The molecule has 0 atom stereocenters. The van der Waals surface area contributed by atoms with Crippen LogP contribution in [0.1, 0.15) is 17.5 Å². The maximum Gasteiger partial charge on any atom is 0.129 e. The Labute approximate surface area is 66.7 Å². The molecule has 0 radical (unpaired) electrons. The Bertz CT molecular complexity index is 268. The summed E-state index contributed by atoms with van der Waals surface area (Å²) >= 11 is 0. The topological polar surface area (TPSA) is 24.9 Å². The SMILES string of the molecule is CNc1nccc2c1CCC2. The Balaban J connectivity index is 2.50. The highest BCUT2D eigenvalue weighted by molar-refractivity contribution is 5.49. The van der Waals surface area contributed by atoms with Crippen LogP contribution < -0.4 is 5.32 Å². The fourth-order valence-corrected chi connectivity index (χ4v) is 1.72. The largest absolute Gasteiger partial charge is 0.373 e. The van der Waals surface area contributed by atoms with Gasteiger partial charge in [0.25, 0.3) is 0 Å². The highest BCUT2D eigenvalue weighted by atomic mass is 15.0. The van der Waals surface area contributed by atoms with Gasteiger partial charge in [0.2, 0.25) is 0 Å². The van der Waals surface area contributed by atoms with Crippen LogP contribution >= 0.6 is 0 Å². The molecule has 0 unspecified atom stereocenters. The number of aromatic nitrogens is 1. The maximum absolute atomic E-state index is 4.26. The fourth-order valence-electron chi connectivity index (χ4n) is 1.72. The third-order valence-corrected chi connectivity index (χ3v) is 2.26. The van der Waals surface area contributed by atoms with Gasteiger partial charge in [-0.3, -0.25) is 0 Å². The van der Waals surface area contributed by atoms with E-state index in [1.807, 2.05) is 13.2 Å². The quantitative estimate of drug-likeness (QED) is 0.654. The summed E-state index contributed by atoms with van der Waals surface area (Å²) in [6.45, 7) is 0. The van der Waals surface area contributed by atoms with Gasteiger partial charge in [0, 0.05) is 13.2 Å². The van der Waals surface area contributed by atoms with E-state index in [-0.39, 0.29) is 0 Å². The number of nitrogens with zero attached hydrogens (tertiary/aromatic N) is 1. The molecule has 0 saturated heterocycles. The van der Waals surface area contributed by atoms with Crippen molar-refractivity contribution in [1.82, 2.24) is 4.98 Å². The van der Waals surface area contributed by atoms with Gasteiger partial charge in [0.1, 0.15) is 5.82 Å². The first kappa shape index (κ1) is 6.65. The number of nitrogens with one attached hydrogen (secondary N) is 1. The van der Waals surface area contributed by atoms with Crippen molar-refractivity contribution in [2.45, 2.75) is 19.3 Å². The lowest BCUT2D eigenvalue weighted by atomic mass is 10.2. The second-order valence-electron chi connectivity index (χ2n) is 2.90. The van der Waals surface area contributed by atoms with Crippen LogP contribution in [-0.4, -0.2) is 12.0 Å². The van der Waals surface area contributed by atoms with Crippen molar-refractivity contribution in [3.63, 3.8) is 0 Å². The van der Waals surface area contributed by atoms with Gasteiger partial charge < -0.3 is 5.32 Å². The average molecular weight is 148 g/mol. The van der Waals surface area contributed by atoms with Gasteiger partial charge in [-0.1, -0.05) is 0 Å². The highest BCUT2D eigenvalue weighted by Crippen LogP contribution is 2.26. The van der Waals surface area contributed by atoms with Crippen LogP contribution in [0.3, 0.4) is 0 Å². The minimum Gasteiger partial charge on any atom is -0.373 e. The van der Waals surface area contributed by atoms with Gasteiger partial charge in [-0.05, 0) is 36.5 Å². The fraction of sp³-hybridized carbons (Fsp3) is 0.444. The van der Waals surface area contributed by atoms with Crippen molar-refractivity contribution in [1.29, 1.82) is 0 Å². The molecular formula is C9H12N2. The van der Waals surface area contributed by atoms with Gasteiger partial charge >= 0.3 is 0 Å². The Kier molecular flexibility index (Phi) is 1.53. The molecule has 2 heteroatoms. The van der Waals surface area contributed by atoms with Crippen molar-refractivity contribution in [3.05, 3.63) is 23.4 Å². The van der Waals surface area contributed by atoms with E-state index in [4.69, 9.17) is 0 Å². The number of pyridine rings is 1. The highest BCUT2D eigenvalue weighted by Gasteiger charge is 2.13.